The van der Waals surface area contributed by atoms with Crippen LogP contribution in [0.4, 0.5) is 14.5 Å². The molecule has 0 fully saturated rings. The maximum absolute atomic E-state index is 14.4. The van der Waals surface area contributed by atoms with Gasteiger partial charge in [-0.15, -0.1) is 11.8 Å². The van der Waals surface area contributed by atoms with Gasteiger partial charge in [0, 0.05) is 10.5 Å². The van der Waals surface area contributed by atoms with Crippen molar-refractivity contribution >= 4 is 40.9 Å². The Morgan fingerprint density at radius 2 is 1.87 bits per heavy atom. The molecule has 0 saturated heterocycles. The molecule has 0 radical (unpaired) electrons. The third-order valence-corrected chi connectivity index (χ3v) is 6.35. The van der Waals surface area contributed by atoms with Gasteiger partial charge in [0.1, 0.15) is 16.9 Å². The predicted molar refractivity (Wildman–Crippen MR) is 116 cm³/mol. The molecule has 2 unspecified atom stereocenters. The van der Waals surface area contributed by atoms with E-state index >= 15 is 0 Å². The summed E-state index contributed by atoms with van der Waals surface area (Å²) in [6.07, 6.45) is 0.471. The van der Waals surface area contributed by atoms with Crippen LogP contribution in [0.25, 0.3) is 0 Å². The molecular formula is C22H24ClF2NO3S. The van der Waals surface area contributed by atoms with E-state index in [0.717, 1.165) is 23.9 Å². The molecule has 0 aliphatic carbocycles. The second-order valence-corrected chi connectivity index (χ2v) is 8.76. The maximum Gasteiger partial charge on any atom is 0.319 e. The lowest BCUT2D eigenvalue weighted by Crippen LogP contribution is -2.28. The fourth-order valence-corrected chi connectivity index (χ4v) is 3.82. The van der Waals surface area contributed by atoms with Crippen molar-refractivity contribution in [2.45, 2.75) is 50.4 Å². The van der Waals surface area contributed by atoms with Crippen molar-refractivity contribution in [2.75, 3.05) is 5.32 Å². The number of rotatable bonds is 8. The molecule has 162 valence electrons. The SMILES string of the molecule is CCC(C)OC(=O)C(Sc1cc(NC(=O)c2cccc(F)c2)c(F)cc1Cl)C(C)C. The lowest BCUT2D eigenvalue weighted by Gasteiger charge is -2.22. The van der Waals surface area contributed by atoms with Crippen LogP contribution >= 0.6 is 23.4 Å². The summed E-state index contributed by atoms with van der Waals surface area (Å²) in [5.41, 5.74) is -0.0651. The zero-order valence-electron chi connectivity index (χ0n) is 17.2. The maximum atomic E-state index is 14.4. The molecule has 1 amide bonds. The van der Waals surface area contributed by atoms with Crippen LogP contribution in [0.15, 0.2) is 41.3 Å². The van der Waals surface area contributed by atoms with Gasteiger partial charge in [0.15, 0.2) is 0 Å². The van der Waals surface area contributed by atoms with Crippen LogP contribution in [0.5, 0.6) is 0 Å². The first-order chi connectivity index (χ1) is 14.1. The zero-order chi connectivity index (χ0) is 22.4. The quantitative estimate of drug-likeness (QED) is 0.373. The molecule has 30 heavy (non-hydrogen) atoms. The summed E-state index contributed by atoms with van der Waals surface area (Å²) in [7, 11) is 0. The minimum Gasteiger partial charge on any atom is -0.462 e. The molecule has 0 saturated carbocycles. The first-order valence-corrected chi connectivity index (χ1v) is 10.8. The lowest BCUT2D eigenvalue weighted by molar-refractivity contribution is -0.148. The predicted octanol–water partition coefficient (Wildman–Crippen LogP) is 6.33. The molecule has 0 spiro atoms. The van der Waals surface area contributed by atoms with Gasteiger partial charge in [0.05, 0.1) is 16.8 Å². The van der Waals surface area contributed by atoms with Crippen LogP contribution in [0.3, 0.4) is 0 Å². The number of hydrogen-bond donors (Lipinski definition) is 1. The Morgan fingerprint density at radius 1 is 1.17 bits per heavy atom. The molecule has 1 N–H and O–H groups in total. The van der Waals surface area contributed by atoms with E-state index in [-0.39, 0.29) is 34.3 Å². The molecule has 0 aliphatic heterocycles. The Labute approximate surface area is 184 Å². The van der Waals surface area contributed by atoms with Gasteiger partial charge in [0.25, 0.3) is 5.91 Å². The molecule has 2 atom stereocenters. The van der Waals surface area contributed by atoms with E-state index < -0.39 is 22.8 Å². The summed E-state index contributed by atoms with van der Waals surface area (Å²) in [6.45, 7) is 7.48. The van der Waals surface area contributed by atoms with Crippen molar-refractivity contribution in [2.24, 2.45) is 5.92 Å². The zero-order valence-corrected chi connectivity index (χ0v) is 18.7. The molecule has 0 heterocycles. The number of thioether (sulfide) groups is 1. The Morgan fingerprint density at radius 3 is 2.47 bits per heavy atom. The van der Waals surface area contributed by atoms with Crippen LogP contribution in [-0.4, -0.2) is 23.2 Å². The van der Waals surface area contributed by atoms with E-state index in [0.29, 0.717) is 11.3 Å². The molecule has 4 nitrogen and oxygen atoms in total. The average Bonchev–Trinajstić information content (AvgIpc) is 2.68. The fraction of sp³-hybridized carbons (Fsp3) is 0.364. The monoisotopic (exact) mass is 455 g/mol. The summed E-state index contributed by atoms with van der Waals surface area (Å²) in [5.74, 6) is -2.43. The Hall–Kier alpha value is -2.12. The first-order valence-electron chi connectivity index (χ1n) is 9.55. The Kier molecular flexibility index (Phi) is 8.67. The van der Waals surface area contributed by atoms with Crippen molar-refractivity contribution in [3.05, 3.63) is 58.6 Å². The number of hydrogen-bond acceptors (Lipinski definition) is 4. The second kappa shape index (κ2) is 10.8. The highest BCUT2D eigenvalue weighted by Crippen LogP contribution is 2.37. The summed E-state index contributed by atoms with van der Waals surface area (Å²) in [4.78, 5) is 25.3. The van der Waals surface area contributed by atoms with Gasteiger partial charge in [-0.25, -0.2) is 8.78 Å². The van der Waals surface area contributed by atoms with Crippen molar-refractivity contribution in [1.82, 2.24) is 0 Å². The minimum atomic E-state index is -0.739. The fourth-order valence-electron chi connectivity index (χ4n) is 2.48. The largest absolute Gasteiger partial charge is 0.462 e. The van der Waals surface area contributed by atoms with Crippen LogP contribution in [0.1, 0.15) is 44.5 Å². The molecule has 0 aliphatic rings. The Bertz CT molecular complexity index is 923. The van der Waals surface area contributed by atoms with Crippen LogP contribution in [0.2, 0.25) is 5.02 Å². The highest BCUT2D eigenvalue weighted by atomic mass is 35.5. The number of amides is 1. The summed E-state index contributed by atoms with van der Waals surface area (Å²) in [5, 5.41) is 1.98. The lowest BCUT2D eigenvalue weighted by atomic mass is 10.1. The molecule has 2 aromatic carbocycles. The van der Waals surface area contributed by atoms with Gasteiger partial charge in [-0.2, -0.15) is 0 Å². The van der Waals surface area contributed by atoms with E-state index in [9.17, 15) is 18.4 Å². The highest BCUT2D eigenvalue weighted by molar-refractivity contribution is 8.00. The third-order valence-electron chi connectivity index (χ3n) is 4.34. The normalized spacial score (nSPS) is 13.1. The van der Waals surface area contributed by atoms with Crippen molar-refractivity contribution in [3.63, 3.8) is 0 Å². The minimum absolute atomic E-state index is 0.0516. The number of ether oxygens (including phenoxy) is 1. The van der Waals surface area contributed by atoms with Gasteiger partial charge in [-0.1, -0.05) is 38.4 Å². The van der Waals surface area contributed by atoms with Crippen molar-refractivity contribution in [1.29, 1.82) is 0 Å². The number of carbonyl (C=O) groups is 2. The standard InChI is InChI=1S/C22H24ClF2NO3S/c1-5-13(4)29-22(28)20(12(2)3)30-19-11-18(17(25)10-16(19)23)26-21(27)14-7-6-8-15(24)9-14/h6-13,20H,5H2,1-4H3,(H,26,27). The number of nitrogens with one attached hydrogen (secondary N) is 1. The second-order valence-electron chi connectivity index (χ2n) is 7.17. The number of esters is 1. The van der Waals surface area contributed by atoms with E-state index in [4.69, 9.17) is 16.3 Å². The molecule has 2 aromatic rings. The van der Waals surface area contributed by atoms with Gasteiger partial charge < -0.3 is 10.1 Å². The van der Waals surface area contributed by atoms with E-state index in [1.165, 1.54) is 24.3 Å². The van der Waals surface area contributed by atoms with Gasteiger partial charge >= 0.3 is 5.97 Å². The molecule has 2 rings (SSSR count). The number of anilines is 1. The van der Waals surface area contributed by atoms with Crippen molar-refractivity contribution in [3.8, 4) is 0 Å². The van der Waals surface area contributed by atoms with Crippen molar-refractivity contribution < 1.29 is 23.1 Å². The molecule has 8 heteroatoms. The summed E-state index contributed by atoms with van der Waals surface area (Å²) >= 11 is 7.33. The van der Waals surface area contributed by atoms with Gasteiger partial charge in [-0.3, -0.25) is 9.59 Å². The van der Waals surface area contributed by atoms with E-state index in [1.54, 1.807) is 0 Å². The topological polar surface area (TPSA) is 55.4 Å². The van der Waals surface area contributed by atoms with Crippen LogP contribution in [0, 0.1) is 17.6 Å². The number of benzene rings is 2. The number of halogens is 3. The number of carbonyl (C=O) groups excluding carboxylic acids is 2. The highest BCUT2D eigenvalue weighted by Gasteiger charge is 2.28. The van der Waals surface area contributed by atoms with E-state index in [1.807, 2.05) is 27.7 Å². The summed E-state index contributed by atoms with van der Waals surface area (Å²) in [6, 6.07) is 7.51. The Balaban J connectivity index is 2.26. The third kappa shape index (κ3) is 6.44. The molecular weight excluding hydrogens is 432 g/mol. The van der Waals surface area contributed by atoms with Gasteiger partial charge in [-0.05, 0) is 49.6 Å². The molecule has 0 aromatic heterocycles. The molecule has 0 bridgehead atoms. The van der Waals surface area contributed by atoms with Gasteiger partial charge in [0.2, 0.25) is 0 Å². The average molecular weight is 456 g/mol. The first kappa shape index (κ1) is 24.2. The van der Waals surface area contributed by atoms with Crippen LogP contribution < -0.4 is 5.32 Å². The summed E-state index contributed by atoms with van der Waals surface area (Å²) < 4.78 is 33.2. The van der Waals surface area contributed by atoms with E-state index in [2.05, 4.69) is 5.32 Å². The smallest absolute Gasteiger partial charge is 0.319 e. The van der Waals surface area contributed by atoms with Crippen LogP contribution in [-0.2, 0) is 9.53 Å².